The minimum atomic E-state index is 0.139. The minimum Gasteiger partial charge on any atom is -0.412 e. The van der Waals surface area contributed by atoms with Gasteiger partial charge in [0.05, 0.1) is 0 Å². The highest BCUT2D eigenvalue weighted by atomic mass is 35.5. The second-order valence-electron chi connectivity index (χ2n) is 2.76. The maximum absolute atomic E-state index is 5.46. The van der Waals surface area contributed by atoms with Crippen LogP contribution in [0.15, 0.2) is 4.42 Å². The van der Waals surface area contributed by atoms with E-state index in [9.17, 15) is 0 Å². The van der Waals surface area contributed by atoms with Gasteiger partial charge in [0.25, 0.3) is 0 Å². The molecule has 0 spiro atoms. The number of halogens is 1. The summed E-state index contributed by atoms with van der Waals surface area (Å²) in [5.74, 6) is 0.649. The summed E-state index contributed by atoms with van der Waals surface area (Å²) in [5, 5.41) is 7.47. The van der Waals surface area contributed by atoms with Crippen molar-refractivity contribution < 1.29 is 4.42 Å². The van der Waals surface area contributed by atoms with Crippen LogP contribution in [0.4, 0.5) is 0 Å². The van der Waals surface area contributed by atoms with Crippen LogP contribution in [-0.2, 0) is 6.42 Å². The molecule has 0 aliphatic rings. The molecule has 0 amide bonds. The number of hydrogen-bond acceptors (Lipinski definition) is 3. The lowest BCUT2D eigenvalue weighted by Gasteiger charge is -1.93. The normalized spacial score (nSPS) is 10.5. The highest BCUT2D eigenvalue weighted by molar-refractivity contribution is 6.27. The molecule has 3 nitrogen and oxygen atoms in total. The van der Waals surface area contributed by atoms with Gasteiger partial charge in [-0.3, -0.25) is 0 Å². The Hall–Kier alpha value is -0.570. The van der Waals surface area contributed by atoms with Gasteiger partial charge in [-0.2, -0.15) is 0 Å². The van der Waals surface area contributed by atoms with Crippen LogP contribution in [0.2, 0.25) is 5.35 Å². The standard InChI is InChI=1S/C8H13ClN2O/c1-2-3-4-5-6-7-10-11-8(9)12-7/h2-6H2,1H3. The van der Waals surface area contributed by atoms with Crippen molar-refractivity contribution in [1.82, 2.24) is 10.2 Å². The molecule has 0 aliphatic carbocycles. The summed E-state index contributed by atoms with van der Waals surface area (Å²) >= 11 is 5.46. The molecule has 0 bridgehead atoms. The first-order chi connectivity index (χ1) is 5.83. The topological polar surface area (TPSA) is 38.9 Å². The lowest BCUT2D eigenvalue weighted by molar-refractivity contribution is 0.480. The van der Waals surface area contributed by atoms with Gasteiger partial charge in [-0.1, -0.05) is 31.3 Å². The first-order valence-corrected chi connectivity index (χ1v) is 4.68. The maximum atomic E-state index is 5.46. The molecule has 4 heteroatoms. The molecule has 0 N–H and O–H groups in total. The fraction of sp³-hybridized carbons (Fsp3) is 0.750. The second-order valence-corrected chi connectivity index (χ2v) is 3.08. The molecule has 0 atom stereocenters. The zero-order valence-corrected chi connectivity index (χ0v) is 7.97. The van der Waals surface area contributed by atoms with E-state index in [4.69, 9.17) is 16.0 Å². The average molecular weight is 189 g/mol. The molecular formula is C8H13ClN2O. The van der Waals surface area contributed by atoms with Gasteiger partial charge in [0.1, 0.15) is 0 Å². The van der Waals surface area contributed by atoms with Crippen LogP contribution in [-0.4, -0.2) is 10.2 Å². The predicted molar refractivity (Wildman–Crippen MR) is 47.2 cm³/mol. The van der Waals surface area contributed by atoms with Gasteiger partial charge < -0.3 is 4.42 Å². The molecule has 0 unspecified atom stereocenters. The van der Waals surface area contributed by atoms with Crippen LogP contribution in [0.1, 0.15) is 38.5 Å². The zero-order chi connectivity index (χ0) is 8.81. The van der Waals surface area contributed by atoms with Crippen LogP contribution in [0.25, 0.3) is 0 Å². The van der Waals surface area contributed by atoms with E-state index in [-0.39, 0.29) is 5.35 Å². The van der Waals surface area contributed by atoms with Crippen molar-refractivity contribution in [2.45, 2.75) is 39.0 Å². The highest BCUT2D eigenvalue weighted by Crippen LogP contribution is 2.09. The number of rotatable bonds is 5. The smallest absolute Gasteiger partial charge is 0.312 e. The first kappa shape index (κ1) is 9.52. The third-order valence-electron chi connectivity index (χ3n) is 1.69. The van der Waals surface area contributed by atoms with E-state index in [0.717, 1.165) is 12.8 Å². The van der Waals surface area contributed by atoms with Gasteiger partial charge in [-0.15, -0.1) is 5.10 Å². The van der Waals surface area contributed by atoms with Crippen LogP contribution >= 0.6 is 11.6 Å². The number of aryl methyl sites for hydroxylation is 1. The van der Waals surface area contributed by atoms with E-state index >= 15 is 0 Å². The van der Waals surface area contributed by atoms with E-state index in [2.05, 4.69) is 17.1 Å². The van der Waals surface area contributed by atoms with Gasteiger partial charge >= 0.3 is 5.35 Å². The Kier molecular flexibility index (Phi) is 4.08. The number of aromatic nitrogens is 2. The van der Waals surface area contributed by atoms with Crippen LogP contribution < -0.4 is 0 Å². The van der Waals surface area contributed by atoms with Gasteiger partial charge in [0.2, 0.25) is 5.89 Å². The van der Waals surface area contributed by atoms with Crippen molar-refractivity contribution in [2.75, 3.05) is 0 Å². The first-order valence-electron chi connectivity index (χ1n) is 4.31. The van der Waals surface area contributed by atoms with E-state index in [1.165, 1.54) is 19.3 Å². The monoisotopic (exact) mass is 188 g/mol. The zero-order valence-electron chi connectivity index (χ0n) is 7.22. The third kappa shape index (κ3) is 3.22. The summed E-state index contributed by atoms with van der Waals surface area (Å²) in [6, 6.07) is 0. The van der Waals surface area contributed by atoms with Crippen molar-refractivity contribution in [3.05, 3.63) is 11.2 Å². The molecule has 68 valence electrons. The summed E-state index contributed by atoms with van der Waals surface area (Å²) in [4.78, 5) is 0. The quantitative estimate of drug-likeness (QED) is 0.667. The van der Waals surface area contributed by atoms with Crippen molar-refractivity contribution in [1.29, 1.82) is 0 Å². The minimum absolute atomic E-state index is 0.139. The van der Waals surface area contributed by atoms with E-state index in [1.54, 1.807) is 0 Å². The van der Waals surface area contributed by atoms with E-state index in [0.29, 0.717) is 5.89 Å². The number of hydrogen-bond donors (Lipinski definition) is 0. The molecule has 0 aliphatic heterocycles. The average Bonchev–Trinajstić information content (AvgIpc) is 2.45. The predicted octanol–water partition coefficient (Wildman–Crippen LogP) is 2.85. The van der Waals surface area contributed by atoms with Gasteiger partial charge in [0.15, 0.2) is 0 Å². The Morgan fingerprint density at radius 1 is 1.25 bits per heavy atom. The van der Waals surface area contributed by atoms with Crippen molar-refractivity contribution in [3.8, 4) is 0 Å². The molecule has 1 rings (SSSR count). The summed E-state index contributed by atoms with van der Waals surface area (Å²) in [5.41, 5.74) is 0. The van der Waals surface area contributed by atoms with E-state index < -0.39 is 0 Å². The lowest BCUT2D eigenvalue weighted by Crippen LogP contribution is -1.85. The van der Waals surface area contributed by atoms with Gasteiger partial charge in [-0.25, -0.2) is 0 Å². The largest absolute Gasteiger partial charge is 0.412 e. The Morgan fingerprint density at radius 2 is 2.08 bits per heavy atom. The molecule has 0 saturated heterocycles. The van der Waals surface area contributed by atoms with Crippen LogP contribution in [0.5, 0.6) is 0 Å². The number of unbranched alkanes of at least 4 members (excludes halogenated alkanes) is 3. The molecule has 12 heavy (non-hydrogen) atoms. The van der Waals surface area contributed by atoms with Crippen molar-refractivity contribution >= 4 is 11.6 Å². The summed E-state index contributed by atoms with van der Waals surface area (Å²) < 4.78 is 5.01. The van der Waals surface area contributed by atoms with E-state index in [1.807, 2.05) is 0 Å². The van der Waals surface area contributed by atoms with Crippen molar-refractivity contribution in [3.63, 3.8) is 0 Å². The fourth-order valence-electron chi connectivity index (χ4n) is 1.04. The Bertz CT molecular complexity index is 225. The Labute approximate surface area is 77.1 Å². The Morgan fingerprint density at radius 3 is 2.67 bits per heavy atom. The number of nitrogens with zero attached hydrogens (tertiary/aromatic N) is 2. The molecule has 0 saturated carbocycles. The summed E-state index contributed by atoms with van der Waals surface area (Å²) in [6.07, 6.45) is 5.68. The molecular weight excluding hydrogens is 176 g/mol. The lowest BCUT2D eigenvalue weighted by atomic mass is 10.2. The highest BCUT2D eigenvalue weighted by Gasteiger charge is 2.01. The summed E-state index contributed by atoms with van der Waals surface area (Å²) in [6.45, 7) is 2.18. The molecule has 0 aromatic carbocycles. The van der Waals surface area contributed by atoms with Crippen molar-refractivity contribution in [2.24, 2.45) is 0 Å². The molecule has 0 fully saturated rings. The Balaban J connectivity index is 2.15. The maximum Gasteiger partial charge on any atom is 0.312 e. The molecule has 0 radical (unpaired) electrons. The van der Waals surface area contributed by atoms with Gasteiger partial charge in [-0.05, 0) is 18.0 Å². The van der Waals surface area contributed by atoms with Crippen LogP contribution in [0.3, 0.4) is 0 Å². The SMILES string of the molecule is CCCCCCc1nnc(Cl)o1. The summed E-state index contributed by atoms with van der Waals surface area (Å²) in [7, 11) is 0. The molecule has 1 aromatic rings. The third-order valence-corrected chi connectivity index (χ3v) is 1.84. The van der Waals surface area contributed by atoms with Crippen LogP contribution in [0, 0.1) is 0 Å². The molecule has 1 aromatic heterocycles. The molecule has 1 heterocycles. The second kappa shape index (κ2) is 5.14. The van der Waals surface area contributed by atoms with Gasteiger partial charge in [0, 0.05) is 6.42 Å². The fourth-order valence-corrected chi connectivity index (χ4v) is 1.16.